The van der Waals surface area contributed by atoms with Gasteiger partial charge in [-0.25, -0.2) is 0 Å². The number of hydrogen-bond donors (Lipinski definition) is 0. The van der Waals surface area contributed by atoms with Gasteiger partial charge >= 0.3 is 0 Å². The minimum atomic E-state index is 0.594. The molecule has 254 valence electrons. The highest BCUT2D eigenvalue weighted by Gasteiger charge is 2.19. The zero-order chi connectivity index (χ0) is 36.6. The second-order valence-corrected chi connectivity index (χ2v) is 14.0. The second-order valence-electron chi connectivity index (χ2n) is 14.0. The van der Waals surface area contributed by atoms with E-state index < -0.39 is 0 Å². The summed E-state index contributed by atoms with van der Waals surface area (Å²) < 4.78 is 6.84. The van der Waals surface area contributed by atoms with Gasteiger partial charge in [0.1, 0.15) is 0 Å². The maximum absolute atomic E-state index is 10.6. The van der Waals surface area contributed by atoms with Gasteiger partial charge < -0.3 is 13.7 Å². The first kappa shape index (κ1) is 30.7. The SMILES string of the molecule is N#Cc1cc(-n2c3ccccc3c3cc(-n4c5ccccc5c5ccccc54)ccc32)ccc1-c1cccc(-n2c3ccccc3c3c(C#N)cccc32)c1. The Morgan fingerprint density at radius 3 is 1.45 bits per heavy atom. The van der Waals surface area contributed by atoms with E-state index in [9.17, 15) is 10.5 Å². The molecule has 0 saturated carbocycles. The first-order chi connectivity index (χ1) is 27.2. The Hall–Kier alpha value is -7.86. The summed E-state index contributed by atoms with van der Waals surface area (Å²) in [4.78, 5) is 0. The van der Waals surface area contributed by atoms with Crippen LogP contribution in [0.15, 0.2) is 176 Å². The van der Waals surface area contributed by atoms with E-state index in [1.54, 1.807) is 0 Å². The molecule has 0 spiro atoms. The maximum atomic E-state index is 10.6. The van der Waals surface area contributed by atoms with Crippen molar-refractivity contribution in [2.45, 2.75) is 0 Å². The summed E-state index contributed by atoms with van der Waals surface area (Å²) in [5, 5.41) is 27.4. The minimum Gasteiger partial charge on any atom is -0.309 e. The van der Waals surface area contributed by atoms with Gasteiger partial charge in [-0.3, -0.25) is 0 Å². The third-order valence-electron chi connectivity index (χ3n) is 11.1. The molecule has 3 heterocycles. The van der Waals surface area contributed by atoms with Crippen LogP contribution in [0.2, 0.25) is 0 Å². The van der Waals surface area contributed by atoms with Gasteiger partial charge in [-0.05, 0) is 90.0 Å². The molecule has 0 atom stereocenters. The molecule has 0 unspecified atom stereocenters. The summed E-state index contributed by atoms with van der Waals surface area (Å²) in [6, 6.07) is 65.9. The highest BCUT2D eigenvalue weighted by molar-refractivity contribution is 6.13. The van der Waals surface area contributed by atoms with Crippen LogP contribution in [0, 0.1) is 22.7 Å². The molecule has 5 heteroatoms. The van der Waals surface area contributed by atoms with Gasteiger partial charge in [0, 0.05) is 49.4 Å². The van der Waals surface area contributed by atoms with Crippen LogP contribution in [-0.2, 0) is 0 Å². The van der Waals surface area contributed by atoms with Crippen molar-refractivity contribution in [1.82, 2.24) is 13.7 Å². The Balaban J connectivity index is 1.06. The maximum Gasteiger partial charge on any atom is 0.0998 e. The van der Waals surface area contributed by atoms with Crippen molar-refractivity contribution in [2.75, 3.05) is 0 Å². The van der Waals surface area contributed by atoms with Gasteiger partial charge in [-0.15, -0.1) is 0 Å². The number of rotatable bonds is 4. The third-order valence-corrected chi connectivity index (χ3v) is 11.1. The van der Waals surface area contributed by atoms with Crippen LogP contribution < -0.4 is 0 Å². The Morgan fingerprint density at radius 2 is 0.800 bits per heavy atom. The number of nitriles is 2. The zero-order valence-corrected chi connectivity index (χ0v) is 29.5. The van der Waals surface area contributed by atoms with Crippen molar-refractivity contribution < 1.29 is 0 Å². The van der Waals surface area contributed by atoms with Crippen molar-refractivity contribution >= 4 is 65.4 Å². The van der Waals surface area contributed by atoms with Crippen molar-refractivity contribution in [3.63, 3.8) is 0 Å². The molecular weight excluding hydrogens is 671 g/mol. The van der Waals surface area contributed by atoms with Crippen molar-refractivity contribution in [3.8, 4) is 40.3 Å². The lowest BCUT2D eigenvalue weighted by atomic mass is 9.99. The summed E-state index contributed by atoms with van der Waals surface area (Å²) in [6.45, 7) is 0. The van der Waals surface area contributed by atoms with Crippen LogP contribution in [0.3, 0.4) is 0 Å². The monoisotopic (exact) mass is 699 g/mol. The molecule has 0 N–H and O–H groups in total. The summed E-state index contributed by atoms with van der Waals surface area (Å²) in [7, 11) is 0. The van der Waals surface area contributed by atoms with E-state index in [1.165, 1.54) is 21.8 Å². The summed E-state index contributed by atoms with van der Waals surface area (Å²) >= 11 is 0. The predicted octanol–water partition coefficient (Wildman–Crippen LogP) is 12.4. The van der Waals surface area contributed by atoms with Crippen LogP contribution >= 0.6 is 0 Å². The van der Waals surface area contributed by atoms with E-state index in [0.717, 1.165) is 71.8 Å². The lowest BCUT2D eigenvalue weighted by molar-refractivity contribution is 1.16. The number of para-hydroxylation sites is 4. The molecule has 0 fully saturated rings. The Labute approximate surface area is 316 Å². The lowest BCUT2D eigenvalue weighted by Crippen LogP contribution is -1.98. The topological polar surface area (TPSA) is 62.4 Å². The molecule has 0 aliphatic heterocycles. The van der Waals surface area contributed by atoms with Crippen LogP contribution in [-0.4, -0.2) is 13.7 Å². The Morgan fingerprint density at radius 1 is 0.327 bits per heavy atom. The fourth-order valence-corrected chi connectivity index (χ4v) is 8.80. The van der Waals surface area contributed by atoms with Gasteiger partial charge in [-0.2, -0.15) is 10.5 Å². The van der Waals surface area contributed by atoms with E-state index in [2.05, 4.69) is 165 Å². The average Bonchev–Trinajstić information content (AvgIpc) is 3.89. The molecule has 3 aromatic heterocycles. The van der Waals surface area contributed by atoms with Gasteiger partial charge in [-0.1, -0.05) is 97.1 Å². The smallest absolute Gasteiger partial charge is 0.0998 e. The van der Waals surface area contributed by atoms with Crippen molar-refractivity contribution in [2.24, 2.45) is 0 Å². The number of nitrogens with zero attached hydrogens (tertiary/aromatic N) is 5. The van der Waals surface area contributed by atoms with Gasteiger partial charge in [0.05, 0.1) is 56.4 Å². The van der Waals surface area contributed by atoms with Gasteiger partial charge in [0.25, 0.3) is 0 Å². The molecule has 0 radical (unpaired) electrons. The molecule has 8 aromatic carbocycles. The van der Waals surface area contributed by atoms with E-state index in [4.69, 9.17) is 0 Å². The first-order valence-corrected chi connectivity index (χ1v) is 18.3. The van der Waals surface area contributed by atoms with Crippen LogP contribution in [0.4, 0.5) is 0 Å². The largest absolute Gasteiger partial charge is 0.309 e. The first-order valence-electron chi connectivity index (χ1n) is 18.3. The number of benzene rings is 8. The number of aromatic nitrogens is 3. The second kappa shape index (κ2) is 11.8. The normalized spacial score (nSPS) is 11.6. The summed E-state index contributed by atoms with van der Waals surface area (Å²) in [5.41, 5.74) is 12.6. The average molecular weight is 700 g/mol. The Kier molecular flexibility index (Phi) is 6.61. The summed E-state index contributed by atoms with van der Waals surface area (Å²) in [6.07, 6.45) is 0. The van der Waals surface area contributed by atoms with Crippen LogP contribution in [0.1, 0.15) is 11.1 Å². The Bertz CT molecular complexity index is 3420. The minimum absolute atomic E-state index is 0.594. The highest BCUT2D eigenvalue weighted by atomic mass is 15.0. The molecular formula is C50H29N5. The van der Waals surface area contributed by atoms with E-state index in [1.807, 2.05) is 36.4 Å². The quantitative estimate of drug-likeness (QED) is 0.184. The van der Waals surface area contributed by atoms with Crippen LogP contribution in [0.25, 0.3) is 93.6 Å². The molecule has 0 aliphatic carbocycles. The molecule has 5 nitrogen and oxygen atoms in total. The standard InChI is InChI=1S/C50H29N5/c51-30-33-12-10-22-49-50(33)42-17-4-8-21-47(42)55(49)35-13-9-11-32(27-35)38-25-23-36(28-34(38)31-52)53-46-20-7-3-16-41(46)43-29-37(24-26-48(43)53)54-44-18-5-1-14-39(44)40-15-2-6-19-45(40)54/h1-29H. The fraction of sp³-hybridized carbons (Fsp3) is 0. The number of hydrogen-bond acceptors (Lipinski definition) is 2. The van der Waals surface area contributed by atoms with Gasteiger partial charge in [0.15, 0.2) is 0 Å². The number of fused-ring (bicyclic) bond motifs is 9. The molecule has 0 saturated heterocycles. The van der Waals surface area contributed by atoms with E-state index in [-0.39, 0.29) is 0 Å². The zero-order valence-electron chi connectivity index (χ0n) is 29.5. The third kappa shape index (κ3) is 4.45. The van der Waals surface area contributed by atoms with Crippen LogP contribution in [0.5, 0.6) is 0 Å². The molecule has 55 heavy (non-hydrogen) atoms. The molecule has 0 amide bonds. The van der Waals surface area contributed by atoms with E-state index >= 15 is 0 Å². The molecule has 11 rings (SSSR count). The fourth-order valence-electron chi connectivity index (χ4n) is 8.80. The van der Waals surface area contributed by atoms with E-state index in [0.29, 0.717) is 11.1 Å². The molecule has 0 bridgehead atoms. The molecule has 0 aliphatic rings. The molecule has 11 aromatic rings. The van der Waals surface area contributed by atoms with Gasteiger partial charge in [0.2, 0.25) is 0 Å². The lowest BCUT2D eigenvalue weighted by Gasteiger charge is -2.13. The van der Waals surface area contributed by atoms with Crippen molar-refractivity contribution in [1.29, 1.82) is 10.5 Å². The predicted molar refractivity (Wildman–Crippen MR) is 224 cm³/mol. The highest BCUT2D eigenvalue weighted by Crippen LogP contribution is 2.39. The summed E-state index contributed by atoms with van der Waals surface area (Å²) in [5.74, 6) is 0. The van der Waals surface area contributed by atoms with Crippen molar-refractivity contribution in [3.05, 3.63) is 187 Å².